The molecule has 0 radical (unpaired) electrons. The number of halogens is 1. The van der Waals surface area contributed by atoms with Gasteiger partial charge in [-0.15, -0.1) is 11.3 Å². The van der Waals surface area contributed by atoms with Gasteiger partial charge in [-0.05, 0) is 35.9 Å². The van der Waals surface area contributed by atoms with E-state index < -0.39 is 0 Å². The first-order valence-corrected chi connectivity index (χ1v) is 8.66. The van der Waals surface area contributed by atoms with E-state index in [0.29, 0.717) is 24.5 Å². The number of benzene rings is 2. The van der Waals surface area contributed by atoms with Crippen LogP contribution < -0.4 is 4.74 Å². The van der Waals surface area contributed by atoms with Crippen LogP contribution in [0.25, 0.3) is 0 Å². The SMILES string of the molecule is CN(Cc1cccc(F)c1)C(=O)c1cccc(OCc2cscn2)c1. The Morgan fingerprint density at radius 3 is 2.84 bits per heavy atom. The average molecular weight is 356 g/mol. The molecule has 0 unspecified atom stereocenters. The lowest BCUT2D eigenvalue weighted by Crippen LogP contribution is -2.26. The Morgan fingerprint density at radius 1 is 1.24 bits per heavy atom. The van der Waals surface area contributed by atoms with Crippen molar-refractivity contribution in [3.05, 3.63) is 82.1 Å². The van der Waals surface area contributed by atoms with Gasteiger partial charge in [-0.1, -0.05) is 18.2 Å². The molecule has 1 heterocycles. The Kier molecular flexibility index (Phi) is 5.40. The molecule has 3 aromatic rings. The van der Waals surface area contributed by atoms with Crippen LogP contribution in [0.5, 0.6) is 5.75 Å². The van der Waals surface area contributed by atoms with E-state index in [2.05, 4.69) is 4.98 Å². The summed E-state index contributed by atoms with van der Waals surface area (Å²) >= 11 is 1.51. The standard InChI is InChI=1S/C19H17FN2O2S/c1-22(10-14-4-2-6-16(20)8-14)19(23)15-5-3-7-18(9-15)24-11-17-12-25-13-21-17/h2-9,12-13H,10-11H2,1H3. The molecule has 128 valence electrons. The zero-order valence-electron chi connectivity index (χ0n) is 13.7. The van der Waals surface area contributed by atoms with Crippen LogP contribution in [0.4, 0.5) is 4.39 Å². The first kappa shape index (κ1) is 17.1. The third-order valence-electron chi connectivity index (χ3n) is 3.61. The smallest absolute Gasteiger partial charge is 0.254 e. The molecule has 0 saturated carbocycles. The summed E-state index contributed by atoms with van der Waals surface area (Å²) in [5, 5.41) is 1.92. The van der Waals surface area contributed by atoms with Gasteiger partial charge in [0.1, 0.15) is 18.2 Å². The Bertz CT molecular complexity index is 852. The van der Waals surface area contributed by atoms with Crippen molar-refractivity contribution < 1.29 is 13.9 Å². The molecule has 0 N–H and O–H groups in total. The minimum absolute atomic E-state index is 0.150. The van der Waals surface area contributed by atoms with Crippen molar-refractivity contribution in [1.29, 1.82) is 0 Å². The van der Waals surface area contributed by atoms with Gasteiger partial charge in [0.05, 0.1) is 11.2 Å². The lowest BCUT2D eigenvalue weighted by molar-refractivity contribution is 0.0784. The highest BCUT2D eigenvalue weighted by atomic mass is 32.1. The molecule has 0 fully saturated rings. The Balaban J connectivity index is 1.65. The van der Waals surface area contributed by atoms with Crippen molar-refractivity contribution in [3.63, 3.8) is 0 Å². The van der Waals surface area contributed by atoms with Gasteiger partial charge in [0, 0.05) is 24.5 Å². The molecule has 25 heavy (non-hydrogen) atoms. The number of nitrogens with zero attached hydrogens (tertiary/aromatic N) is 2. The molecule has 0 saturated heterocycles. The van der Waals surface area contributed by atoms with Gasteiger partial charge in [-0.3, -0.25) is 4.79 Å². The van der Waals surface area contributed by atoms with E-state index in [1.165, 1.54) is 23.5 Å². The van der Waals surface area contributed by atoms with Crippen LogP contribution in [0.15, 0.2) is 59.4 Å². The molecule has 0 bridgehead atoms. The molecule has 1 aromatic heterocycles. The molecule has 6 heteroatoms. The number of carbonyl (C=O) groups is 1. The summed E-state index contributed by atoms with van der Waals surface area (Å²) in [5.74, 6) is 0.150. The summed E-state index contributed by atoms with van der Waals surface area (Å²) in [4.78, 5) is 18.3. The van der Waals surface area contributed by atoms with Crippen LogP contribution in [-0.4, -0.2) is 22.8 Å². The van der Waals surface area contributed by atoms with Crippen molar-refractivity contribution >= 4 is 17.2 Å². The summed E-state index contributed by atoms with van der Waals surface area (Å²) in [6, 6.07) is 13.3. The highest BCUT2D eigenvalue weighted by molar-refractivity contribution is 7.07. The van der Waals surface area contributed by atoms with E-state index in [0.717, 1.165) is 11.3 Å². The Labute approximate surface area is 149 Å². The molecule has 4 nitrogen and oxygen atoms in total. The maximum atomic E-state index is 13.3. The van der Waals surface area contributed by atoms with Crippen molar-refractivity contribution in [1.82, 2.24) is 9.88 Å². The van der Waals surface area contributed by atoms with Gasteiger partial charge in [-0.2, -0.15) is 0 Å². The topological polar surface area (TPSA) is 42.4 Å². The predicted molar refractivity (Wildman–Crippen MR) is 95.1 cm³/mol. The Hall–Kier alpha value is -2.73. The van der Waals surface area contributed by atoms with E-state index in [9.17, 15) is 9.18 Å². The number of ether oxygens (including phenoxy) is 1. The fourth-order valence-electron chi connectivity index (χ4n) is 2.39. The molecule has 2 aromatic carbocycles. The average Bonchev–Trinajstić information content (AvgIpc) is 3.13. The predicted octanol–water partition coefficient (Wildman–Crippen LogP) is 4.13. The quantitative estimate of drug-likeness (QED) is 0.667. The molecule has 0 spiro atoms. The van der Waals surface area contributed by atoms with E-state index in [4.69, 9.17) is 4.74 Å². The van der Waals surface area contributed by atoms with Gasteiger partial charge in [-0.25, -0.2) is 9.37 Å². The van der Waals surface area contributed by atoms with Crippen molar-refractivity contribution in [3.8, 4) is 5.75 Å². The van der Waals surface area contributed by atoms with Gasteiger partial charge < -0.3 is 9.64 Å². The summed E-state index contributed by atoms with van der Waals surface area (Å²) in [7, 11) is 1.69. The van der Waals surface area contributed by atoms with Crippen LogP contribution >= 0.6 is 11.3 Å². The Morgan fingerprint density at radius 2 is 2.08 bits per heavy atom. The third-order valence-corrected chi connectivity index (χ3v) is 4.24. The number of thiazole rings is 1. The van der Waals surface area contributed by atoms with Crippen LogP contribution in [0.2, 0.25) is 0 Å². The molecular weight excluding hydrogens is 339 g/mol. The summed E-state index contributed by atoms with van der Waals surface area (Å²) in [6.07, 6.45) is 0. The second-order valence-corrected chi connectivity index (χ2v) is 6.31. The molecule has 0 aliphatic carbocycles. The van der Waals surface area contributed by atoms with E-state index in [1.54, 1.807) is 53.9 Å². The fraction of sp³-hybridized carbons (Fsp3) is 0.158. The van der Waals surface area contributed by atoms with Crippen molar-refractivity contribution in [2.45, 2.75) is 13.2 Å². The highest BCUT2D eigenvalue weighted by Crippen LogP contribution is 2.17. The van der Waals surface area contributed by atoms with E-state index in [1.807, 2.05) is 5.38 Å². The van der Waals surface area contributed by atoms with Gasteiger partial charge in [0.2, 0.25) is 0 Å². The fourth-order valence-corrected chi connectivity index (χ4v) is 2.93. The minimum Gasteiger partial charge on any atom is -0.487 e. The summed E-state index contributed by atoms with van der Waals surface area (Å²) in [6.45, 7) is 0.695. The first-order chi connectivity index (χ1) is 12.1. The first-order valence-electron chi connectivity index (χ1n) is 7.71. The van der Waals surface area contributed by atoms with Crippen LogP contribution in [0.1, 0.15) is 21.6 Å². The van der Waals surface area contributed by atoms with E-state index >= 15 is 0 Å². The number of amides is 1. The lowest BCUT2D eigenvalue weighted by Gasteiger charge is -2.18. The zero-order valence-corrected chi connectivity index (χ0v) is 14.5. The van der Waals surface area contributed by atoms with Crippen LogP contribution in [-0.2, 0) is 13.2 Å². The number of aromatic nitrogens is 1. The third kappa shape index (κ3) is 4.64. The number of carbonyl (C=O) groups excluding carboxylic acids is 1. The summed E-state index contributed by atoms with van der Waals surface area (Å²) in [5.41, 5.74) is 3.87. The molecule has 0 atom stereocenters. The van der Waals surface area contributed by atoms with Crippen molar-refractivity contribution in [2.24, 2.45) is 0 Å². The largest absolute Gasteiger partial charge is 0.487 e. The molecule has 0 aliphatic heterocycles. The maximum Gasteiger partial charge on any atom is 0.254 e. The van der Waals surface area contributed by atoms with Gasteiger partial charge >= 0.3 is 0 Å². The second-order valence-electron chi connectivity index (χ2n) is 5.59. The molecular formula is C19H17FN2O2S. The molecule has 0 aliphatic rings. The monoisotopic (exact) mass is 356 g/mol. The summed E-state index contributed by atoms with van der Waals surface area (Å²) < 4.78 is 19.0. The maximum absolute atomic E-state index is 13.3. The van der Waals surface area contributed by atoms with Crippen LogP contribution in [0, 0.1) is 5.82 Å². The molecule has 1 amide bonds. The van der Waals surface area contributed by atoms with E-state index in [-0.39, 0.29) is 11.7 Å². The number of hydrogen-bond donors (Lipinski definition) is 0. The molecule has 3 rings (SSSR count). The van der Waals surface area contributed by atoms with Crippen molar-refractivity contribution in [2.75, 3.05) is 7.05 Å². The minimum atomic E-state index is -0.309. The second kappa shape index (κ2) is 7.90. The lowest BCUT2D eigenvalue weighted by atomic mass is 10.1. The number of hydrogen-bond acceptors (Lipinski definition) is 4. The van der Waals surface area contributed by atoms with Gasteiger partial charge in [0.25, 0.3) is 5.91 Å². The normalized spacial score (nSPS) is 10.5. The zero-order chi connectivity index (χ0) is 17.6. The highest BCUT2D eigenvalue weighted by Gasteiger charge is 2.13. The van der Waals surface area contributed by atoms with Crippen LogP contribution in [0.3, 0.4) is 0 Å². The number of rotatable bonds is 6. The van der Waals surface area contributed by atoms with Gasteiger partial charge in [0.15, 0.2) is 0 Å².